The summed E-state index contributed by atoms with van der Waals surface area (Å²) >= 11 is 0. The Bertz CT molecular complexity index is 359. The highest BCUT2D eigenvalue weighted by molar-refractivity contribution is 5.20. The predicted octanol–water partition coefficient (Wildman–Crippen LogP) is 1.27. The minimum absolute atomic E-state index is 0.268. The number of hydrogen-bond donors (Lipinski definition) is 2. The highest BCUT2D eigenvalue weighted by Gasteiger charge is 2.20. The van der Waals surface area contributed by atoms with E-state index in [0.29, 0.717) is 11.4 Å². The molecule has 1 heterocycles. The molecule has 18 heavy (non-hydrogen) atoms. The van der Waals surface area contributed by atoms with E-state index in [1.807, 2.05) is 20.8 Å². The van der Waals surface area contributed by atoms with Crippen molar-refractivity contribution in [2.24, 2.45) is 5.73 Å². The van der Waals surface area contributed by atoms with Crippen LogP contribution in [0.1, 0.15) is 32.4 Å². The van der Waals surface area contributed by atoms with Crippen LogP contribution in [0.4, 0.5) is 0 Å². The van der Waals surface area contributed by atoms with Crippen molar-refractivity contribution in [3.05, 3.63) is 23.9 Å². The van der Waals surface area contributed by atoms with Crippen LogP contribution in [0.15, 0.2) is 18.3 Å². The van der Waals surface area contributed by atoms with Crippen LogP contribution in [0, 0.1) is 0 Å². The van der Waals surface area contributed by atoms with Gasteiger partial charge in [-0.15, -0.1) is 0 Å². The zero-order chi connectivity index (χ0) is 13.8. The summed E-state index contributed by atoms with van der Waals surface area (Å²) in [5.74, 6) is 0.505. The molecule has 0 aliphatic carbocycles. The SMILES string of the molecule is COc1ccc(C(O)C(N)COC(C)(C)C)cn1. The summed E-state index contributed by atoms with van der Waals surface area (Å²) in [6.07, 6.45) is 0.756. The van der Waals surface area contributed by atoms with Crippen molar-refractivity contribution < 1.29 is 14.6 Å². The number of rotatable bonds is 5. The summed E-state index contributed by atoms with van der Waals surface area (Å²) in [4.78, 5) is 4.03. The molecule has 0 saturated carbocycles. The maximum Gasteiger partial charge on any atom is 0.212 e. The van der Waals surface area contributed by atoms with Gasteiger partial charge in [-0.05, 0) is 26.8 Å². The molecule has 2 atom stereocenters. The van der Waals surface area contributed by atoms with E-state index in [-0.39, 0.29) is 12.2 Å². The van der Waals surface area contributed by atoms with Gasteiger partial charge in [-0.25, -0.2) is 4.98 Å². The molecule has 5 nitrogen and oxygen atoms in total. The van der Waals surface area contributed by atoms with Crippen LogP contribution >= 0.6 is 0 Å². The molecule has 102 valence electrons. The minimum Gasteiger partial charge on any atom is -0.481 e. The number of pyridine rings is 1. The topological polar surface area (TPSA) is 77.6 Å². The molecule has 0 aliphatic heterocycles. The fourth-order valence-electron chi connectivity index (χ4n) is 1.37. The van der Waals surface area contributed by atoms with Crippen LogP contribution in [-0.4, -0.2) is 35.5 Å². The molecular formula is C13H22N2O3. The number of ether oxygens (including phenoxy) is 2. The van der Waals surface area contributed by atoms with E-state index < -0.39 is 12.1 Å². The molecule has 1 aromatic heterocycles. The van der Waals surface area contributed by atoms with Gasteiger partial charge in [-0.1, -0.05) is 0 Å². The van der Waals surface area contributed by atoms with Gasteiger partial charge in [0.2, 0.25) is 5.88 Å². The summed E-state index contributed by atoms with van der Waals surface area (Å²) in [6.45, 7) is 6.12. The molecule has 0 radical (unpaired) electrons. The molecule has 0 spiro atoms. The molecule has 0 bridgehead atoms. The van der Waals surface area contributed by atoms with Gasteiger partial charge in [-0.3, -0.25) is 0 Å². The molecule has 0 saturated heterocycles. The molecule has 3 N–H and O–H groups in total. The first-order valence-electron chi connectivity index (χ1n) is 5.91. The molecule has 1 rings (SSSR count). The molecule has 0 fully saturated rings. The summed E-state index contributed by atoms with van der Waals surface area (Å²) in [5.41, 5.74) is 6.28. The highest BCUT2D eigenvalue weighted by Crippen LogP contribution is 2.18. The van der Waals surface area contributed by atoms with Crippen LogP contribution in [0.5, 0.6) is 5.88 Å². The van der Waals surface area contributed by atoms with Crippen molar-refractivity contribution in [2.45, 2.75) is 38.5 Å². The Hall–Kier alpha value is -1.17. The number of methoxy groups -OCH3 is 1. The third kappa shape index (κ3) is 4.60. The zero-order valence-corrected chi connectivity index (χ0v) is 11.4. The standard InChI is InChI=1S/C13H22N2O3/c1-13(2,3)18-8-10(14)12(16)9-5-6-11(17-4)15-7-9/h5-7,10,12,16H,8,14H2,1-4H3. The number of aromatic nitrogens is 1. The van der Waals surface area contributed by atoms with Crippen molar-refractivity contribution in [2.75, 3.05) is 13.7 Å². The monoisotopic (exact) mass is 254 g/mol. The van der Waals surface area contributed by atoms with Gasteiger partial charge in [0.15, 0.2) is 0 Å². The third-order valence-electron chi connectivity index (χ3n) is 2.42. The van der Waals surface area contributed by atoms with Gasteiger partial charge >= 0.3 is 0 Å². The largest absolute Gasteiger partial charge is 0.481 e. The van der Waals surface area contributed by atoms with Gasteiger partial charge in [0, 0.05) is 17.8 Å². The fourth-order valence-corrected chi connectivity index (χ4v) is 1.37. The molecular weight excluding hydrogens is 232 g/mol. The van der Waals surface area contributed by atoms with Crippen LogP contribution in [-0.2, 0) is 4.74 Å². The van der Waals surface area contributed by atoms with E-state index in [1.165, 1.54) is 0 Å². The maximum absolute atomic E-state index is 10.1. The Kier molecular flexibility index (Phi) is 5.07. The van der Waals surface area contributed by atoms with Crippen LogP contribution in [0.2, 0.25) is 0 Å². The average Bonchev–Trinajstić information content (AvgIpc) is 2.34. The normalized spacial score (nSPS) is 15.2. The second-order valence-electron chi connectivity index (χ2n) is 5.17. The first kappa shape index (κ1) is 14.9. The molecule has 2 unspecified atom stereocenters. The Balaban J connectivity index is 2.59. The number of hydrogen-bond acceptors (Lipinski definition) is 5. The smallest absolute Gasteiger partial charge is 0.212 e. The average molecular weight is 254 g/mol. The van der Waals surface area contributed by atoms with Crippen molar-refractivity contribution in [1.82, 2.24) is 4.98 Å². The van der Waals surface area contributed by atoms with Gasteiger partial charge in [-0.2, -0.15) is 0 Å². The third-order valence-corrected chi connectivity index (χ3v) is 2.42. The van der Waals surface area contributed by atoms with Gasteiger partial charge < -0.3 is 20.3 Å². The van der Waals surface area contributed by atoms with Crippen LogP contribution < -0.4 is 10.5 Å². The molecule has 1 aromatic rings. The summed E-state index contributed by atoms with van der Waals surface area (Å²) in [7, 11) is 1.54. The van der Waals surface area contributed by atoms with Crippen LogP contribution in [0.3, 0.4) is 0 Å². The molecule has 0 aromatic carbocycles. The van der Waals surface area contributed by atoms with E-state index in [1.54, 1.807) is 25.4 Å². The van der Waals surface area contributed by atoms with E-state index >= 15 is 0 Å². The lowest BCUT2D eigenvalue weighted by Gasteiger charge is -2.25. The lowest BCUT2D eigenvalue weighted by Crippen LogP contribution is -2.36. The molecule has 5 heteroatoms. The van der Waals surface area contributed by atoms with Gasteiger partial charge in [0.1, 0.15) is 0 Å². The van der Waals surface area contributed by atoms with E-state index in [2.05, 4.69) is 4.98 Å². The number of aliphatic hydroxyl groups excluding tert-OH is 1. The fraction of sp³-hybridized carbons (Fsp3) is 0.615. The first-order valence-corrected chi connectivity index (χ1v) is 5.91. The van der Waals surface area contributed by atoms with Crippen molar-refractivity contribution in [3.8, 4) is 5.88 Å². The Morgan fingerprint density at radius 2 is 2.06 bits per heavy atom. The van der Waals surface area contributed by atoms with Crippen molar-refractivity contribution in [1.29, 1.82) is 0 Å². The highest BCUT2D eigenvalue weighted by atomic mass is 16.5. The number of aliphatic hydroxyl groups is 1. The zero-order valence-electron chi connectivity index (χ0n) is 11.4. The van der Waals surface area contributed by atoms with Gasteiger partial charge in [0.25, 0.3) is 0 Å². The molecule has 0 aliphatic rings. The number of nitrogens with two attached hydrogens (primary N) is 1. The van der Waals surface area contributed by atoms with Crippen molar-refractivity contribution in [3.63, 3.8) is 0 Å². The van der Waals surface area contributed by atoms with E-state index in [0.717, 1.165) is 0 Å². The Labute approximate surface area is 108 Å². The first-order chi connectivity index (χ1) is 8.33. The van der Waals surface area contributed by atoms with E-state index in [9.17, 15) is 5.11 Å². The predicted molar refractivity (Wildman–Crippen MR) is 69.4 cm³/mol. The lowest BCUT2D eigenvalue weighted by atomic mass is 10.1. The minimum atomic E-state index is -0.800. The van der Waals surface area contributed by atoms with Crippen LogP contribution in [0.25, 0.3) is 0 Å². The van der Waals surface area contributed by atoms with E-state index in [4.69, 9.17) is 15.2 Å². The summed E-state index contributed by atoms with van der Waals surface area (Å²) < 4.78 is 10.5. The number of nitrogens with zero attached hydrogens (tertiary/aromatic N) is 1. The second-order valence-corrected chi connectivity index (χ2v) is 5.17. The van der Waals surface area contributed by atoms with Gasteiger partial charge in [0.05, 0.1) is 31.5 Å². The second kappa shape index (κ2) is 6.13. The van der Waals surface area contributed by atoms with Crippen molar-refractivity contribution >= 4 is 0 Å². The molecule has 0 amide bonds. The lowest BCUT2D eigenvalue weighted by molar-refractivity contribution is -0.0283. The summed E-state index contributed by atoms with van der Waals surface area (Å²) in [5, 5.41) is 10.1. The maximum atomic E-state index is 10.1. The Morgan fingerprint density at radius 3 is 2.50 bits per heavy atom. The quantitative estimate of drug-likeness (QED) is 0.827. The Morgan fingerprint density at radius 1 is 1.39 bits per heavy atom. The summed E-state index contributed by atoms with van der Waals surface area (Å²) in [6, 6.07) is 2.95.